The van der Waals surface area contributed by atoms with Crippen molar-refractivity contribution < 1.29 is 47.7 Å². The molecule has 4 amide bonds. The number of hydrogen-bond donors (Lipinski definition) is 3. The highest BCUT2D eigenvalue weighted by Gasteiger charge is 2.48. The molecule has 9 heterocycles. The van der Waals surface area contributed by atoms with Crippen LogP contribution in [0.25, 0.3) is 0 Å². The molecule has 0 saturated carbocycles. The number of benzene rings is 5. The Morgan fingerprint density at radius 2 is 0.867 bits per heavy atom. The van der Waals surface area contributed by atoms with Gasteiger partial charge in [0, 0.05) is 104 Å². The van der Waals surface area contributed by atoms with Crippen LogP contribution in [0.5, 0.6) is 0 Å². The first-order valence-electron chi connectivity index (χ1n) is 31.9. The predicted molar refractivity (Wildman–Crippen MR) is 355 cm³/mol. The van der Waals surface area contributed by atoms with Crippen molar-refractivity contribution in [3.63, 3.8) is 0 Å². The van der Waals surface area contributed by atoms with Crippen molar-refractivity contribution in [2.75, 3.05) is 62.2 Å². The number of hydrogen-bond acceptors (Lipinski definition) is 14. The Bertz CT molecular complexity index is 3060. The smallest absolute Gasteiger partial charge is 0.410 e. The van der Waals surface area contributed by atoms with E-state index in [-0.39, 0.29) is 35.9 Å². The van der Waals surface area contributed by atoms with Crippen molar-refractivity contribution in [1.29, 1.82) is 0 Å². The number of nitrogens with one attached hydrogen (secondary N) is 2. The fourth-order valence-corrected chi connectivity index (χ4v) is 12.1. The lowest BCUT2D eigenvalue weighted by Crippen LogP contribution is -2.70. The van der Waals surface area contributed by atoms with E-state index in [2.05, 4.69) is 84.9 Å². The van der Waals surface area contributed by atoms with E-state index in [1.165, 1.54) is 34.5 Å². The van der Waals surface area contributed by atoms with Crippen molar-refractivity contribution >= 4 is 57.6 Å². The summed E-state index contributed by atoms with van der Waals surface area (Å²) in [5.74, 6) is -0.154. The number of piperidine rings is 3. The SMILES string of the molecule is CC(C)(C)OC(=O)N1CC2CC(C1)N2.CC(C)(C)OC(=O)N1CC2CC(C1)N2c1ccc(CCCC(=O)OCc2ccccc2)cc1.CC(C)(C)OC(=O)N1CC2CC(C1)N2c1ccc(CCN)cc1.O=C(NCCc1ccc(Br)cc1)OCc1ccccc1. The molecule has 6 atom stereocenters. The van der Waals surface area contributed by atoms with Crippen molar-refractivity contribution in [2.45, 2.75) is 180 Å². The summed E-state index contributed by atoms with van der Waals surface area (Å²) in [6.07, 6.45) is 6.26. The number of anilines is 2. The number of aryl methyl sites for hydroxylation is 1. The van der Waals surface area contributed by atoms with E-state index < -0.39 is 11.2 Å². The molecular weight excluding hydrogens is 1200 g/mol. The number of nitrogens with two attached hydrogens (primary N) is 1. The molecule has 6 bridgehead atoms. The highest BCUT2D eigenvalue weighted by molar-refractivity contribution is 9.10. The third-order valence-corrected chi connectivity index (χ3v) is 16.6. The van der Waals surface area contributed by atoms with Gasteiger partial charge in [0.05, 0.1) is 0 Å². The number of amides is 4. The largest absolute Gasteiger partial charge is 0.461 e. The van der Waals surface area contributed by atoms with Gasteiger partial charge in [-0.2, -0.15) is 0 Å². The third kappa shape index (κ3) is 21.4. The summed E-state index contributed by atoms with van der Waals surface area (Å²) in [6, 6.07) is 47.2. The van der Waals surface area contributed by atoms with E-state index in [0.717, 1.165) is 80.3 Å². The molecule has 6 unspecified atom stereocenters. The first-order chi connectivity index (χ1) is 42.8. The summed E-state index contributed by atoms with van der Waals surface area (Å²) in [7, 11) is 0. The quantitative estimate of drug-likeness (QED) is 0.0661. The first kappa shape index (κ1) is 68.6. The maximum absolute atomic E-state index is 12.4. The molecule has 0 aliphatic carbocycles. The van der Waals surface area contributed by atoms with Crippen LogP contribution in [0.15, 0.2) is 138 Å². The summed E-state index contributed by atoms with van der Waals surface area (Å²) in [4.78, 5) is 70.1. The topological polar surface area (TPSA) is 198 Å². The molecule has 9 aliphatic heterocycles. The third-order valence-electron chi connectivity index (χ3n) is 16.1. The minimum Gasteiger partial charge on any atom is -0.461 e. The van der Waals surface area contributed by atoms with Gasteiger partial charge < -0.3 is 64.6 Å². The van der Waals surface area contributed by atoms with Crippen molar-refractivity contribution in [1.82, 2.24) is 25.3 Å². The molecular formula is C71H95BrN8O10. The molecule has 0 spiro atoms. The van der Waals surface area contributed by atoms with Crippen LogP contribution >= 0.6 is 15.9 Å². The van der Waals surface area contributed by atoms with Gasteiger partial charge in [0.1, 0.15) is 30.0 Å². The van der Waals surface area contributed by atoms with Gasteiger partial charge in [0.25, 0.3) is 0 Å². The Balaban J connectivity index is 0.000000162. The van der Waals surface area contributed by atoms with Crippen molar-refractivity contribution in [2.24, 2.45) is 5.73 Å². The highest BCUT2D eigenvalue weighted by Crippen LogP contribution is 2.39. The van der Waals surface area contributed by atoms with Gasteiger partial charge in [-0.3, -0.25) is 4.79 Å². The average molecular weight is 1300 g/mol. The van der Waals surface area contributed by atoms with Crippen LogP contribution in [0.1, 0.15) is 122 Å². The van der Waals surface area contributed by atoms with Gasteiger partial charge >= 0.3 is 30.3 Å². The zero-order chi connectivity index (χ0) is 64.6. The summed E-state index contributed by atoms with van der Waals surface area (Å²) in [6.45, 7) is 23.5. The second kappa shape index (κ2) is 31.6. The number of halogens is 1. The number of fused-ring (bicyclic) bond motifs is 6. The van der Waals surface area contributed by atoms with Crippen LogP contribution in [-0.2, 0) is 61.0 Å². The monoisotopic (exact) mass is 1300 g/mol. The van der Waals surface area contributed by atoms with Gasteiger partial charge in [-0.05, 0) is 178 Å². The number of rotatable bonds is 15. The predicted octanol–water partition coefficient (Wildman–Crippen LogP) is 12.2. The summed E-state index contributed by atoms with van der Waals surface area (Å²) < 4.78 is 27.9. The minimum atomic E-state index is -0.465. The van der Waals surface area contributed by atoms with Gasteiger partial charge in [0.2, 0.25) is 0 Å². The standard InChI is InChI=1S/C27H34N2O4.C18H27N3O2.C16H16BrNO2.C10H18N2O2/c1-27(2,3)33-26(31)28-17-23-16-24(18-28)29(23)22-14-12-20(13-15-22)10-7-11-25(30)32-19-21-8-5-4-6-9-21;1-18(2,3)23-17(22)20-11-15-10-16(12-20)21(15)14-6-4-13(5-7-14)8-9-19;17-15-8-6-13(7-9-15)10-11-18-16(19)20-12-14-4-2-1-3-5-14;1-10(2,3)14-9(13)12-5-7-4-8(6-12)11-7/h4-6,8-9,12-15,23-24H,7,10-11,16-19H2,1-3H3;4-7,15-16H,8-12,19H2,1-3H3;1-9H,10-12H2,(H,18,19);7-8,11H,4-6H2,1-3H3. The zero-order valence-corrected chi connectivity index (χ0v) is 55.8. The van der Waals surface area contributed by atoms with E-state index in [0.29, 0.717) is 82.1 Å². The van der Waals surface area contributed by atoms with Crippen LogP contribution in [-0.4, -0.2) is 150 Å². The van der Waals surface area contributed by atoms with Gasteiger partial charge in [-0.1, -0.05) is 113 Å². The minimum absolute atomic E-state index is 0.154. The molecule has 5 aromatic carbocycles. The first-order valence-corrected chi connectivity index (χ1v) is 32.7. The molecule has 0 aromatic heterocycles. The van der Waals surface area contributed by atoms with E-state index >= 15 is 0 Å². The van der Waals surface area contributed by atoms with Crippen LogP contribution in [0.2, 0.25) is 0 Å². The number of ether oxygens (including phenoxy) is 5. The zero-order valence-electron chi connectivity index (χ0n) is 54.2. The Morgan fingerprint density at radius 3 is 1.28 bits per heavy atom. The van der Waals surface area contributed by atoms with Crippen molar-refractivity contribution in [3.8, 4) is 0 Å². The molecule has 90 heavy (non-hydrogen) atoms. The fourth-order valence-electron chi connectivity index (χ4n) is 11.8. The summed E-state index contributed by atoms with van der Waals surface area (Å²) >= 11 is 3.39. The van der Waals surface area contributed by atoms with E-state index in [9.17, 15) is 24.0 Å². The van der Waals surface area contributed by atoms with Crippen LogP contribution in [0.4, 0.5) is 30.6 Å². The van der Waals surface area contributed by atoms with Gasteiger partial charge in [0.15, 0.2) is 0 Å². The molecule has 9 aliphatic rings. The number of alkyl carbamates (subject to hydrolysis) is 1. The van der Waals surface area contributed by atoms with E-state index in [4.69, 9.17) is 29.4 Å². The van der Waals surface area contributed by atoms with E-state index in [1.54, 1.807) is 4.90 Å². The van der Waals surface area contributed by atoms with Crippen LogP contribution in [0.3, 0.4) is 0 Å². The van der Waals surface area contributed by atoms with Crippen LogP contribution in [0, 0.1) is 0 Å². The lowest BCUT2D eigenvalue weighted by atomic mass is 9.86. The van der Waals surface area contributed by atoms with Crippen molar-refractivity contribution in [3.05, 3.63) is 166 Å². The molecule has 486 valence electrons. The molecule has 4 N–H and O–H groups in total. The maximum atomic E-state index is 12.4. The number of esters is 1. The van der Waals surface area contributed by atoms with Gasteiger partial charge in [-0.25, -0.2) is 19.2 Å². The molecule has 9 saturated heterocycles. The van der Waals surface area contributed by atoms with E-state index in [1.807, 2.05) is 157 Å². The lowest BCUT2D eigenvalue weighted by molar-refractivity contribution is -0.145. The summed E-state index contributed by atoms with van der Waals surface area (Å²) in [5.41, 5.74) is 12.4. The number of nitrogens with zero attached hydrogens (tertiary/aromatic N) is 5. The summed E-state index contributed by atoms with van der Waals surface area (Å²) in [5, 5.41) is 6.12. The maximum Gasteiger partial charge on any atom is 0.410 e. The molecule has 14 rings (SSSR count). The number of carbonyl (C=O) groups is 5. The molecule has 0 radical (unpaired) electrons. The Labute approximate surface area is 541 Å². The highest BCUT2D eigenvalue weighted by atomic mass is 79.9. The molecule has 9 fully saturated rings. The normalized spacial score (nSPS) is 20.2. The molecule has 19 heteroatoms. The Kier molecular flexibility index (Phi) is 24.1. The number of carbonyl (C=O) groups excluding carboxylic acids is 5. The fraction of sp³-hybridized carbons (Fsp3) is 0.507. The second-order valence-electron chi connectivity index (χ2n) is 27.1. The molecule has 18 nitrogen and oxygen atoms in total. The lowest BCUT2D eigenvalue weighted by Gasteiger charge is -2.57. The Hall–Kier alpha value is -7.35. The number of piperazine rings is 3. The average Bonchev–Trinajstić information content (AvgIpc) is 0.770. The second-order valence-corrected chi connectivity index (χ2v) is 28.0. The van der Waals surface area contributed by atoms with Crippen LogP contribution < -0.4 is 26.2 Å². The van der Waals surface area contributed by atoms with Gasteiger partial charge in [-0.15, -0.1) is 0 Å². The molecule has 5 aromatic rings. The Morgan fingerprint density at radius 1 is 0.489 bits per heavy atom.